The maximum absolute atomic E-state index is 5.29. The lowest BCUT2D eigenvalue weighted by Crippen LogP contribution is -1.94. The van der Waals surface area contributed by atoms with E-state index >= 15 is 0 Å². The van der Waals surface area contributed by atoms with Crippen LogP contribution in [0, 0.1) is 12.3 Å². The van der Waals surface area contributed by atoms with Crippen LogP contribution in [0.5, 0.6) is 0 Å². The number of nitrogens with one attached hydrogen (secondary N) is 1. The Kier molecular flexibility index (Phi) is 2.76. The Labute approximate surface area is 73.8 Å². The molecule has 1 N–H and O–H groups in total. The molecule has 1 nitrogen and oxygen atoms in total. The number of anilines is 1. The van der Waals surface area contributed by atoms with Gasteiger partial charge in [0.15, 0.2) is 0 Å². The smallest absolute Gasteiger partial charge is 0.0382 e. The molecule has 1 heteroatoms. The highest BCUT2D eigenvalue weighted by atomic mass is 14.8. The standard InChI is InChI=1S/C11H13N/c1-4-9-6-7-10(5-2)11(8-9)12-3/h1,6-8,12H,5H2,2-3H3. The van der Waals surface area contributed by atoms with Crippen LogP contribution in [0.1, 0.15) is 18.1 Å². The molecule has 0 saturated carbocycles. The number of aryl methyl sites for hydroxylation is 1. The van der Waals surface area contributed by atoms with Gasteiger partial charge in [0.2, 0.25) is 0 Å². The minimum Gasteiger partial charge on any atom is -0.388 e. The van der Waals surface area contributed by atoms with Gasteiger partial charge in [-0.15, -0.1) is 6.42 Å². The third-order valence-corrected chi connectivity index (χ3v) is 1.93. The van der Waals surface area contributed by atoms with E-state index in [2.05, 4.69) is 24.2 Å². The average Bonchev–Trinajstić information content (AvgIpc) is 2.16. The molecule has 0 amide bonds. The van der Waals surface area contributed by atoms with Crippen LogP contribution in [0.4, 0.5) is 5.69 Å². The van der Waals surface area contributed by atoms with Crippen molar-refractivity contribution in [1.29, 1.82) is 0 Å². The lowest BCUT2D eigenvalue weighted by Gasteiger charge is -2.06. The Hall–Kier alpha value is -1.42. The van der Waals surface area contributed by atoms with E-state index in [9.17, 15) is 0 Å². The lowest BCUT2D eigenvalue weighted by atomic mass is 10.1. The fourth-order valence-electron chi connectivity index (χ4n) is 1.21. The fourth-order valence-corrected chi connectivity index (χ4v) is 1.21. The molecule has 0 heterocycles. The Bertz CT molecular complexity index is 307. The van der Waals surface area contributed by atoms with Crippen LogP contribution >= 0.6 is 0 Å². The van der Waals surface area contributed by atoms with E-state index in [-0.39, 0.29) is 0 Å². The van der Waals surface area contributed by atoms with E-state index in [1.807, 2.05) is 19.2 Å². The van der Waals surface area contributed by atoms with Crippen molar-refractivity contribution in [3.05, 3.63) is 29.3 Å². The Balaban J connectivity index is 3.13. The quantitative estimate of drug-likeness (QED) is 0.653. The Morgan fingerprint density at radius 1 is 1.50 bits per heavy atom. The molecule has 1 rings (SSSR count). The molecule has 0 aromatic heterocycles. The molecule has 0 radical (unpaired) electrons. The summed E-state index contributed by atoms with van der Waals surface area (Å²) in [6, 6.07) is 6.04. The molecule has 0 atom stereocenters. The van der Waals surface area contributed by atoms with E-state index in [0.717, 1.165) is 17.7 Å². The van der Waals surface area contributed by atoms with Crippen molar-refractivity contribution in [1.82, 2.24) is 0 Å². The topological polar surface area (TPSA) is 12.0 Å². The molecule has 0 bridgehead atoms. The summed E-state index contributed by atoms with van der Waals surface area (Å²) in [4.78, 5) is 0. The molecule has 0 aliphatic carbocycles. The van der Waals surface area contributed by atoms with Crippen LogP contribution in [0.25, 0.3) is 0 Å². The van der Waals surface area contributed by atoms with Crippen LogP contribution in [0.3, 0.4) is 0 Å². The largest absolute Gasteiger partial charge is 0.388 e. The van der Waals surface area contributed by atoms with Crippen LogP contribution in [-0.4, -0.2) is 7.05 Å². The van der Waals surface area contributed by atoms with Gasteiger partial charge in [-0.2, -0.15) is 0 Å². The fraction of sp³-hybridized carbons (Fsp3) is 0.273. The monoisotopic (exact) mass is 159 g/mol. The van der Waals surface area contributed by atoms with Gasteiger partial charge in [0.1, 0.15) is 0 Å². The summed E-state index contributed by atoms with van der Waals surface area (Å²) < 4.78 is 0. The second-order valence-corrected chi connectivity index (χ2v) is 2.62. The first kappa shape index (κ1) is 8.67. The number of hydrogen-bond acceptors (Lipinski definition) is 1. The zero-order valence-electron chi connectivity index (χ0n) is 7.52. The summed E-state index contributed by atoms with van der Waals surface area (Å²) in [6.45, 7) is 2.13. The van der Waals surface area contributed by atoms with E-state index in [1.54, 1.807) is 0 Å². The van der Waals surface area contributed by atoms with E-state index in [1.165, 1.54) is 5.56 Å². The minimum atomic E-state index is 0.927. The van der Waals surface area contributed by atoms with Crippen molar-refractivity contribution < 1.29 is 0 Å². The molecule has 0 unspecified atom stereocenters. The molecule has 0 spiro atoms. The maximum atomic E-state index is 5.29. The van der Waals surface area contributed by atoms with Crippen molar-refractivity contribution in [2.75, 3.05) is 12.4 Å². The van der Waals surface area contributed by atoms with Crippen molar-refractivity contribution in [2.45, 2.75) is 13.3 Å². The van der Waals surface area contributed by atoms with Gasteiger partial charge in [-0.25, -0.2) is 0 Å². The number of terminal acetylenes is 1. The van der Waals surface area contributed by atoms with Gasteiger partial charge in [-0.05, 0) is 24.1 Å². The highest BCUT2D eigenvalue weighted by molar-refractivity contribution is 5.55. The van der Waals surface area contributed by atoms with Crippen LogP contribution < -0.4 is 5.32 Å². The van der Waals surface area contributed by atoms with Gasteiger partial charge in [-0.1, -0.05) is 18.9 Å². The number of hydrogen-bond donors (Lipinski definition) is 1. The summed E-state index contributed by atoms with van der Waals surface area (Å²) in [5, 5.41) is 3.13. The molecule has 1 aromatic carbocycles. The summed E-state index contributed by atoms with van der Waals surface area (Å²) in [7, 11) is 1.91. The van der Waals surface area contributed by atoms with Gasteiger partial charge in [0.25, 0.3) is 0 Å². The van der Waals surface area contributed by atoms with Gasteiger partial charge in [0, 0.05) is 18.3 Å². The molecular formula is C11H13N. The highest BCUT2D eigenvalue weighted by Gasteiger charge is 1.98. The molecule has 0 saturated heterocycles. The number of rotatable bonds is 2. The van der Waals surface area contributed by atoms with Crippen molar-refractivity contribution in [2.24, 2.45) is 0 Å². The molecule has 0 aliphatic heterocycles. The number of benzene rings is 1. The summed E-state index contributed by atoms with van der Waals surface area (Å²) >= 11 is 0. The third-order valence-electron chi connectivity index (χ3n) is 1.93. The van der Waals surface area contributed by atoms with E-state index in [4.69, 9.17) is 6.42 Å². The third kappa shape index (κ3) is 1.60. The molecule has 0 aliphatic rings. The zero-order chi connectivity index (χ0) is 8.97. The molecular weight excluding hydrogens is 146 g/mol. The second-order valence-electron chi connectivity index (χ2n) is 2.62. The van der Waals surface area contributed by atoms with Crippen molar-refractivity contribution in [3.8, 4) is 12.3 Å². The van der Waals surface area contributed by atoms with Crippen molar-refractivity contribution in [3.63, 3.8) is 0 Å². The van der Waals surface area contributed by atoms with Crippen LogP contribution in [-0.2, 0) is 6.42 Å². The molecule has 0 fully saturated rings. The first-order valence-corrected chi connectivity index (χ1v) is 4.09. The first-order valence-electron chi connectivity index (χ1n) is 4.09. The first-order chi connectivity index (χ1) is 5.81. The van der Waals surface area contributed by atoms with Crippen LogP contribution in [0.2, 0.25) is 0 Å². The van der Waals surface area contributed by atoms with E-state index < -0.39 is 0 Å². The Morgan fingerprint density at radius 2 is 2.25 bits per heavy atom. The van der Waals surface area contributed by atoms with Gasteiger partial charge < -0.3 is 5.32 Å². The minimum absolute atomic E-state index is 0.927. The Morgan fingerprint density at radius 3 is 2.75 bits per heavy atom. The summed E-state index contributed by atoms with van der Waals surface area (Å²) in [5.41, 5.74) is 3.36. The normalized spacial score (nSPS) is 9.08. The lowest BCUT2D eigenvalue weighted by molar-refractivity contribution is 1.14. The van der Waals surface area contributed by atoms with Gasteiger partial charge in [0.05, 0.1) is 0 Å². The highest BCUT2D eigenvalue weighted by Crippen LogP contribution is 2.16. The summed E-state index contributed by atoms with van der Waals surface area (Å²) in [6.07, 6.45) is 6.32. The maximum Gasteiger partial charge on any atom is 0.0382 e. The van der Waals surface area contributed by atoms with Crippen molar-refractivity contribution >= 4 is 5.69 Å². The molecule has 62 valence electrons. The molecule has 12 heavy (non-hydrogen) atoms. The van der Waals surface area contributed by atoms with Gasteiger partial charge >= 0.3 is 0 Å². The predicted octanol–water partition coefficient (Wildman–Crippen LogP) is 2.27. The zero-order valence-corrected chi connectivity index (χ0v) is 7.52. The van der Waals surface area contributed by atoms with Crippen LogP contribution in [0.15, 0.2) is 18.2 Å². The summed E-state index contributed by atoms with van der Waals surface area (Å²) in [5.74, 6) is 2.61. The van der Waals surface area contributed by atoms with Gasteiger partial charge in [-0.3, -0.25) is 0 Å². The SMILES string of the molecule is C#Cc1ccc(CC)c(NC)c1. The second kappa shape index (κ2) is 3.82. The average molecular weight is 159 g/mol. The molecule has 1 aromatic rings. The van der Waals surface area contributed by atoms with E-state index in [0.29, 0.717) is 0 Å². The predicted molar refractivity (Wildman–Crippen MR) is 53.3 cm³/mol.